The fourth-order valence-electron chi connectivity index (χ4n) is 2.07. The average Bonchev–Trinajstić information content (AvgIpc) is 2.41. The summed E-state index contributed by atoms with van der Waals surface area (Å²) in [6, 6.07) is 8.61. The number of hydrogen-bond acceptors (Lipinski definition) is 3. The van der Waals surface area contributed by atoms with Crippen LogP contribution in [0.5, 0.6) is 0 Å². The van der Waals surface area contributed by atoms with Gasteiger partial charge in [-0.2, -0.15) is 0 Å². The Labute approximate surface area is 108 Å². The highest BCUT2D eigenvalue weighted by atomic mass is 14.8. The van der Waals surface area contributed by atoms with Crippen LogP contribution in [0.2, 0.25) is 0 Å². The molecule has 0 saturated heterocycles. The summed E-state index contributed by atoms with van der Waals surface area (Å²) < 4.78 is 0. The summed E-state index contributed by atoms with van der Waals surface area (Å²) in [5, 5.41) is 0. The Kier molecular flexibility index (Phi) is 4.42. The first-order valence-corrected chi connectivity index (χ1v) is 6.34. The molecule has 3 heteroatoms. The van der Waals surface area contributed by atoms with Crippen LogP contribution in [0.25, 0.3) is 11.1 Å². The average molecular weight is 241 g/mol. The van der Waals surface area contributed by atoms with Crippen LogP contribution in [0, 0.1) is 5.92 Å². The van der Waals surface area contributed by atoms with Gasteiger partial charge in [0, 0.05) is 18.0 Å². The zero-order valence-electron chi connectivity index (χ0n) is 10.7. The van der Waals surface area contributed by atoms with Crippen molar-refractivity contribution in [1.29, 1.82) is 0 Å². The van der Waals surface area contributed by atoms with Gasteiger partial charge in [0.05, 0.1) is 0 Å². The number of rotatable bonds is 5. The summed E-state index contributed by atoms with van der Waals surface area (Å²) in [6.45, 7) is 3.01. The summed E-state index contributed by atoms with van der Waals surface area (Å²) in [5.41, 5.74) is 9.14. The molecule has 0 fully saturated rings. The van der Waals surface area contributed by atoms with Crippen molar-refractivity contribution in [3.05, 3.63) is 48.5 Å². The number of benzene rings is 1. The third-order valence-corrected chi connectivity index (χ3v) is 3.09. The first kappa shape index (κ1) is 12.7. The van der Waals surface area contributed by atoms with E-state index in [0.29, 0.717) is 5.92 Å². The van der Waals surface area contributed by atoms with Crippen LogP contribution >= 0.6 is 0 Å². The summed E-state index contributed by atoms with van der Waals surface area (Å²) in [7, 11) is 0. The molecule has 0 aliphatic heterocycles. The monoisotopic (exact) mass is 241 g/mol. The van der Waals surface area contributed by atoms with E-state index in [1.807, 2.05) is 12.4 Å². The summed E-state index contributed by atoms with van der Waals surface area (Å²) in [4.78, 5) is 8.06. The van der Waals surface area contributed by atoms with Crippen LogP contribution < -0.4 is 5.73 Å². The summed E-state index contributed by atoms with van der Waals surface area (Å²) in [6.07, 6.45) is 7.38. The molecule has 0 amide bonds. The van der Waals surface area contributed by atoms with Crippen molar-refractivity contribution in [2.24, 2.45) is 11.7 Å². The van der Waals surface area contributed by atoms with Gasteiger partial charge >= 0.3 is 0 Å². The highest BCUT2D eigenvalue weighted by Gasteiger charge is 2.03. The zero-order chi connectivity index (χ0) is 12.8. The van der Waals surface area contributed by atoms with Crippen molar-refractivity contribution >= 4 is 0 Å². The molecule has 0 bridgehead atoms. The van der Waals surface area contributed by atoms with Gasteiger partial charge in [-0.15, -0.1) is 0 Å². The van der Waals surface area contributed by atoms with E-state index < -0.39 is 0 Å². The van der Waals surface area contributed by atoms with E-state index in [4.69, 9.17) is 5.73 Å². The first-order valence-electron chi connectivity index (χ1n) is 6.34. The predicted molar refractivity (Wildman–Crippen MR) is 74.0 cm³/mol. The van der Waals surface area contributed by atoms with E-state index in [0.717, 1.165) is 30.5 Å². The van der Waals surface area contributed by atoms with Gasteiger partial charge < -0.3 is 5.73 Å². The SMILES string of the molecule is CC(CCN)Cc1ccc(-c2cncnc2)cc1. The minimum atomic E-state index is 0.640. The van der Waals surface area contributed by atoms with Crippen molar-refractivity contribution in [1.82, 2.24) is 9.97 Å². The molecule has 0 spiro atoms. The van der Waals surface area contributed by atoms with Crippen LogP contribution in [0.4, 0.5) is 0 Å². The second-order valence-electron chi connectivity index (χ2n) is 4.71. The van der Waals surface area contributed by atoms with Gasteiger partial charge in [0.1, 0.15) is 6.33 Å². The fourth-order valence-corrected chi connectivity index (χ4v) is 2.07. The third kappa shape index (κ3) is 3.37. The summed E-state index contributed by atoms with van der Waals surface area (Å²) in [5.74, 6) is 0.640. The van der Waals surface area contributed by atoms with E-state index in [1.54, 1.807) is 6.33 Å². The molecule has 94 valence electrons. The number of nitrogens with zero attached hydrogens (tertiary/aromatic N) is 2. The van der Waals surface area contributed by atoms with Crippen LogP contribution in [0.3, 0.4) is 0 Å². The molecule has 2 rings (SSSR count). The maximum atomic E-state index is 5.57. The molecule has 0 aliphatic rings. The standard InChI is InChI=1S/C15H19N3/c1-12(6-7-16)8-13-2-4-14(5-3-13)15-9-17-11-18-10-15/h2-5,9-12H,6-8,16H2,1H3. The molecule has 3 nitrogen and oxygen atoms in total. The molecule has 1 aromatic heterocycles. The second kappa shape index (κ2) is 6.26. The van der Waals surface area contributed by atoms with Gasteiger partial charge in [-0.3, -0.25) is 0 Å². The molecule has 0 saturated carbocycles. The quantitative estimate of drug-likeness (QED) is 0.875. The predicted octanol–water partition coefficient (Wildman–Crippen LogP) is 2.67. The van der Waals surface area contributed by atoms with Gasteiger partial charge in [-0.25, -0.2) is 9.97 Å². The maximum absolute atomic E-state index is 5.57. The number of aromatic nitrogens is 2. The molecule has 1 heterocycles. The van der Waals surface area contributed by atoms with E-state index in [1.165, 1.54) is 5.56 Å². The molecule has 0 aliphatic carbocycles. The number of nitrogens with two attached hydrogens (primary N) is 1. The Balaban J connectivity index is 2.06. The van der Waals surface area contributed by atoms with E-state index in [2.05, 4.69) is 41.2 Å². The highest BCUT2D eigenvalue weighted by Crippen LogP contribution is 2.19. The lowest BCUT2D eigenvalue weighted by atomic mass is 9.97. The molecule has 1 aromatic carbocycles. The molecule has 1 unspecified atom stereocenters. The largest absolute Gasteiger partial charge is 0.330 e. The van der Waals surface area contributed by atoms with Crippen LogP contribution in [0.15, 0.2) is 43.0 Å². The molecule has 2 N–H and O–H groups in total. The molecular weight excluding hydrogens is 222 g/mol. The van der Waals surface area contributed by atoms with Crippen LogP contribution in [-0.4, -0.2) is 16.5 Å². The van der Waals surface area contributed by atoms with E-state index >= 15 is 0 Å². The fraction of sp³-hybridized carbons (Fsp3) is 0.333. The van der Waals surface area contributed by atoms with Crippen molar-refractivity contribution in [3.8, 4) is 11.1 Å². The first-order chi connectivity index (χ1) is 8.79. The molecule has 0 radical (unpaired) electrons. The van der Waals surface area contributed by atoms with Gasteiger partial charge in [-0.1, -0.05) is 31.2 Å². The second-order valence-corrected chi connectivity index (χ2v) is 4.71. The highest BCUT2D eigenvalue weighted by molar-refractivity contribution is 5.61. The Hall–Kier alpha value is -1.74. The Morgan fingerprint density at radius 1 is 1.06 bits per heavy atom. The van der Waals surface area contributed by atoms with Gasteiger partial charge in [-0.05, 0) is 36.4 Å². The van der Waals surface area contributed by atoms with Gasteiger partial charge in [0.2, 0.25) is 0 Å². The smallest absolute Gasteiger partial charge is 0.115 e. The molecular formula is C15H19N3. The Bertz CT molecular complexity index is 465. The normalized spacial score (nSPS) is 12.3. The van der Waals surface area contributed by atoms with Gasteiger partial charge in [0.15, 0.2) is 0 Å². The van der Waals surface area contributed by atoms with Crippen molar-refractivity contribution in [2.45, 2.75) is 19.8 Å². The minimum absolute atomic E-state index is 0.640. The Morgan fingerprint density at radius 3 is 2.33 bits per heavy atom. The minimum Gasteiger partial charge on any atom is -0.330 e. The lowest BCUT2D eigenvalue weighted by Crippen LogP contribution is -2.07. The topological polar surface area (TPSA) is 51.8 Å². The number of hydrogen-bond donors (Lipinski definition) is 1. The third-order valence-electron chi connectivity index (χ3n) is 3.09. The van der Waals surface area contributed by atoms with Crippen molar-refractivity contribution in [3.63, 3.8) is 0 Å². The lowest BCUT2D eigenvalue weighted by Gasteiger charge is -2.10. The molecule has 18 heavy (non-hydrogen) atoms. The van der Waals surface area contributed by atoms with Crippen molar-refractivity contribution < 1.29 is 0 Å². The zero-order valence-corrected chi connectivity index (χ0v) is 10.7. The van der Waals surface area contributed by atoms with E-state index in [9.17, 15) is 0 Å². The van der Waals surface area contributed by atoms with Crippen LogP contribution in [0.1, 0.15) is 18.9 Å². The van der Waals surface area contributed by atoms with Crippen LogP contribution in [-0.2, 0) is 6.42 Å². The lowest BCUT2D eigenvalue weighted by molar-refractivity contribution is 0.538. The Morgan fingerprint density at radius 2 is 1.72 bits per heavy atom. The van der Waals surface area contributed by atoms with Gasteiger partial charge in [0.25, 0.3) is 0 Å². The maximum Gasteiger partial charge on any atom is 0.115 e. The van der Waals surface area contributed by atoms with E-state index in [-0.39, 0.29) is 0 Å². The molecule has 1 atom stereocenters. The molecule has 2 aromatic rings. The van der Waals surface area contributed by atoms with Crippen molar-refractivity contribution in [2.75, 3.05) is 6.54 Å². The summed E-state index contributed by atoms with van der Waals surface area (Å²) >= 11 is 0.